The molecule has 0 saturated carbocycles. The SMILES string of the molecule is COc1ccc([C@@H]2Cn3nnc(-c4nc(-c5cccc(Br)c5)no4)c3CO2)cc1. The third-order valence-corrected chi connectivity index (χ3v) is 5.29. The molecule has 3 heterocycles. The van der Waals surface area contributed by atoms with Crippen LogP contribution < -0.4 is 4.74 Å². The number of methoxy groups -OCH3 is 1. The van der Waals surface area contributed by atoms with Gasteiger partial charge >= 0.3 is 0 Å². The molecule has 2 aromatic carbocycles. The summed E-state index contributed by atoms with van der Waals surface area (Å²) in [4.78, 5) is 4.48. The molecule has 8 nitrogen and oxygen atoms in total. The third kappa shape index (κ3) is 3.43. The van der Waals surface area contributed by atoms with Crippen molar-refractivity contribution in [3.05, 3.63) is 64.3 Å². The van der Waals surface area contributed by atoms with Crippen LogP contribution >= 0.6 is 15.9 Å². The molecule has 9 heteroatoms. The van der Waals surface area contributed by atoms with Crippen LogP contribution in [0.4, 0.5) is 0 Å². The minimum Gasteiger partial charge on any atom is -0.497 e. The number of benzene rings is 2. The van der Waals surface area contributed by atoms with Crippen molar-refractivity contribution in [1.82, 2.24) is 25.1 Å². The van der Waals surface area contributed by atoms with Gasteiger partial charge in [0.2, 0.25) is 5.82 Å². The van der Waals surface area contributed by atoms with Crippen LogP contribution in [0.2, 0.25) is 0 Å². The summed E-state index contributed by atoms with van der Waals surface area (Å²) in [6.45, 7) is 0.912. The zero-order valence-corrected chi connectivity index (χ0v) is 17.0. The second kappa shape index (κ2) is 7.41. The summed E-state index contributed by atoms with van der Waals surface area (Å²) in [7, 11) is 1.65. The number of hydrogen-bond donors (Lipinski definition) is 0. The lowest BCUT2D eigenvalue weighted by atomic mass is 10.1. The van der Waals surface area contributed by atoms with Crippen molar-refractivity contribution in [2.24, 2.45) is 0 Å². The van der Waals surface area contributed by atoms with E-state index in [1.807, 2.05) is 53.2 Å². The van der Waals surface area contributed by atoms with Crippen LogP contribution in [-0.4, -0.2) is 32.2 Å². The maximum atomic E-state index is 6.05. The van der Waals surface area contributed by atoms with Crippen LogP contribution in [0, 0.1) is 0 Å². The van der Waals surface area contributed by atoms with Crippen molar-refractivity contribution in [1.29, 1.82) is 0 Å². The number of aromatic nitrogens is 5. The van der Waals surface area contributed by atoms with E-state index in [9.17, 15) is 0 Å². The highest BCUT2D eigenvalue weighted by molar-refractivity contribution is 9.10. The van der Waals surface area contributed by atoms with Crippen molar-refractivity contribution < 1.29 is 14.0 Å². The summed E-state index contributed by atoms with van der Waals surface area (Å²) in [5.74, 6) is 1.63. The smallest absolute Gasteiger partial charge is 0.280 e. The molecule has 0 spiro atoms. The Morgan fingerprint density at radius 3 is 2.83 bits per heavy atom. The lowest BCUT2D eigenvalue weighted by Gasteiger charge is -2.24. The number of hydrogen-bond acceptors (Lipinski definition) is 7. The molecule has 0 aliphatic carbocycles. The van der Waals surface area contributed by atoms with Crippen LogP contribution in [0.5, 0.6) is 5.75 Å². The normalized spacial score (nSPS) is 15.9. The highest BCUT2D eigenvalue weighted by Gasteiger charge is 2.28. The first-order chi connectivity index (χ1) is 14.2. The summed E-state index contributed by atoms with van der Waals surface area (Å²) >= 11 is 3.45. The lowest BCUT2D eigenvalue weighted by molar-refractivity contribution is -0.00119. The molecule has 4 aromatic rings. The monoisotopic (exact) mass is 453 g/mol. The van der Waals surface area contributed by atoms with Crippen molar-refractivity contribution in [3.63, 3.8) is 0 Å². The van der Waals surface area contributed by atoms with Gasteiger partial charge in [-0.15, -0.1) is 5.10 Å². The van der Waals surface area contributed by atoms with E-state index in [1.54, 1.807) is 7.11 Å². The Morgan fingerprint density at radius 2 is 2.03 bits per heavy atom. The number of ether oxygens (including phenoxy) is 2. The van der Waals surface area contributed by atoms with E-state index >= 15 is 0 Å². The lowest BCUT2D eigenvalue weighted by Crippen LogP contribution is -2.22. The molecule has 0 N–H and O–H groups in total. The summed E-state index contributed by atoms with van der Waals surface area (Å²) in [5, 5.41) is 12.6. The average molecular weight is 454 g/mol. The summed E-state index contributed by atoms with van der Waals surface area (Å²) in [6, 6.07) is 15.5. The zero-order chi connectivity index (χ0) is 19.8. The predicted octanol–water partition coefficient (Wildman–Crippen LogP) is 4.04. The Labute approximate surface area is 174 Å². The molecule has 2 aromatic heterocycles. The van der Waals surface area contributed by atoms with Gasteiger partial charge in [-0.2, -0.15) is 4.98 Å². The zero-order valence-electron chi connectivity index (χ0n) is 15.4. The first-order valence-electron chi connectivity index (χ1n) is 8.99. The van der Waals surface area contributed by atoms with E-state index in [-0.39, 0.29) is 6.10 Å². The van der Waals surface area contributed by atoms with Crippen molar-refractivity contribution in [2.75, 3.05) is 7.11 Å². The Morgan fingerprint density at radius 1 is 1.17 bits per heavy atom. The molecular weight excluding hydrogens is 438 g/mol. The third-order valence-electron chi connectivity index (χ3n) is 4.80. The van der Waals surface area contributed by atoms with E-state index in [1.165, 1.54) is 0 Å². The van der Waals surface area contributed by atoms with Gasteiger partial charge in [0, 0.05) is 10.0 Å². The van der Waals surface area contributed by atoms with Gasteiger partial charge in [0.15, 0.2) is 5.69 Å². The number of rotatable bonds is 4. The van der Waals surface area contributed by atoms with Crippen LogP contribution in [0.3, 0.4) is 0 Å². The molecule has 146 valence electrons. The topological polar surface area (TPSA) is 88.1 Å². The van der Waals surface area contributed by atoms with E-state index in [0.717, 1.165) is 27.0 Å². The van der Waals surface area contributed by atoms with Gasteiger partial charge in [-0.1, -0.05) is 50.6 Å². The fraction of sp³-hybridized carbons (Fsp3) is 0.200. The number of nitrogens with zero attached hydrogens (tertiary/aromatic N) is 5. The largest absolute Gasteiger partial charge is 0.497 e. The Bertz CT molecular complexity index is 1160. The second-order valence-corrected chi connectivity index (χ2v) is 7.49. The highest BCUT2D eigenvalue weighted by atomic mass is 79.9. The number of fused-ring (bicyclic) bond motifs is 1. The van der Waals surface area contributed by atoms with Crippen LogP contribution in [-0.2, 0) is 17.9 Å². The first kappa shape index (κ1) is 18.0. The quantitative estimate of drug-likeness (QED) is 0.460. The minimum absolute atomic E-state index is 0.108. The second-order valence-electron chi connectivity index (χ2n) is 6.57. The maximum absolute atomic E-state index is 6.05. The molecule has 1 aliphatic heterocycles. The first-order valence-corrected chi connectivity index (χ1v) is 9.78. The van der Waals surface area contributed by atoms with E-state index in [0.29, 0.717) is 30.6 Å². The average Bonchev–Trinajstić information content (AvgIpc) is 3.40. The van der Waals surface area contributed by atoms with E-state index in [4.69, 9.17) is 14.0 Å². The Kier molecular flexibility index (Phi) is 4.61. The minimum atomic E-state index is -0.108. The predicted molar refractivity (Wildman–Crippen MR) is 107 cm³/mol. The molecule has 29 heavy (non-hydrogen) atoms. The van der Waals surface area contributed by atoms with E-state index in [2.05, 4.69) is 36.4 Å². The number of halogens is 1. The molecule has 5 rings (SSSR count). The molecule has 0 fully saturated rings. The summed E-state index contributed by atoms with van der Waals surface area (Å²) < 4.78 is 19.5. The highest BCUT2D eigenvalue weighted by Crippen LogP contribution is 2.31. The van der Waals surface area contributed by atoms with Crippen LogP contribution in [0.25, 0.3) is 23.0 Å². The van der Waals surface area contributed by atoms with Gasteiger partial charge < -0.3 is 14.0 Å². The van der Waals surface area contributed by atoms with Crippen molar-refractivity contribution >= 4 is 15.9 Å². The summed E-state index contributed by atoms with van der Waals surface area (Å²) in [6.07, 6.45) is -0.108. The van der Waals surface area contributed by atoms with Gasteiger partial charge in [0.25, 0.3) is 5.89 Å². The van der Waals surface area contributed by atoms with E-state index < -0.39 is 0 Å². The van der Waals surface area contributed by atoms with Crippen molar-refractivity contribution in [3.8, 4) is 28.7 Å². The molecule has 1 atom stereocenters. The van der Waals surface area contributed by atoms with Gasteiger partial charge in [-0.05, 0) is 29.8 Å². The fourth-order valence-electron chi connectivity index (χ4n) is 3.26. The van der Waals surface area contributed by atoms with Gasteiger partial charge in [0.1, 0.15) is 11.9 Å². The van der Waals surface area contributed by atoms with Crippen molar-refractivity contribution in [2.45, 2.75) is 19.3 Å². The Balaban J connectivity index is 1.39. The van der Waals surface area contributed by atoms with Gasteiger partial charge in [-0.25, -0.2) is 4.68 Å². The Hall–Kier alpha value is -3.04. The molecular formula is C20H16BrN5O3. The molecule has 0 bridgehead atoms. The molecule has 0 unspecified atom stereocenters. The fourth-order valence-corrected chi connectivity index (χ4v) is 3.66. The maximum Gasteiger partial charge on any atom is 0.280 e. The van der Waals surface area contributed by atoms with Crippen LogP contribution in [0.15, 0.2) is 57.5 Å². The molecule has 1 aliphatic rings. The van der Waals surface area contributed by atoms with Gasteiger partial charge in [-0.3, -0.25) is 0 Å². The van der Waals surface area contributed by atoms with Gasteiger partial charge in [0.05, 0.1) is 26.0 Å². The summed E-state index contributed by atoms with van der Waals surface area (Å²) in [5.41, 5.74) is 3.28. The molecule has 0 amide bonds. The standard InChI is InChI=1S/C20H16BrN5O3/c1-27-15-7-5-12(6-8-15)17-10-26-16(11-28-17)18(23-25-26)20-22-19(24-29-20)13-3-2-4-14(21)9-13/h2-9,17H,10-11H2,1H3/t17-/m0/s1. The van der Waals surface area contributed by atoms with Crippen LogP contribution in [0.1, 0.15) is 17.4 Å². The molecule has 0 radical (unpaired) electrons. The molecule has 0 saturated heterocycles.